The molecule has 3 heterocycles. The summed E-state index contributed by atoms with van der Waals surface area (Å²) >= 11 is 5.88. The van der Waals surface area contributed by atoms with Crippen molar-refractivity contribution in [1.82, 2.24) is 9.88 Å². The molecular formula is C31H29ClF2N4O5. The number of rotatable bonds is 3. The van der Waals surface area contributed by atoms with Crippen LogP contribution in [0.2, 0.25) is 5.02 Å². The van der Waals surface area contributed by atoms with E-state index in [-0.39, 0.29) is 40.9 Å². The zero-order valence-electron chi connectivity index (χ0n) is 23.4. The van der Waals surface area contributed by atoms with Crippen LogP contribution in [0.3, 0.4) is 0 Å². The number of hydrogen-bond acceptors (Lipinski definition) is 5. The van der Waals surface area contributed by atoms with Crippen molar-refractivity contribution in [3.05, 3.63) is 86.8 Å². The van der Waals surface area contributed by atoms with Crippen LogP contribution in [0.4, 0.5) is 25.0 Å². The average Bonchev–Trinajstić information content (AvgIpc) is 2.97. The Kier molecular flexibility index (Phi) is 8.63. The van der Waals surface area contributed by atoms with Crippen LogP contribution in [-0.2, 0) is 14.3 Å². The molecule has 0 saturated carbocycles. The summed E-state index contributed by atoms with van der Waals surface area (Å²) in [4.78, 5) is 55.7. The molecule has 2 aliphatic rings. The molecule has 2 aliphatic heterocycles. The van der Waals surface area contributed by atoms with E-state index in [2.05, 4.69) is 20.4 Å². The van der Waals surface area contributed by atoms with Crippen LogP contribution in [0.25, 0.3) is 16.7 Å². The van der Waals surface area contributed by atoms with Crippen molar-refractivity contribution >= 4 is 46.5 Å². The van der Waals surface area contributed by atoms with Crippen LogP contribution in [0.5, 0.6) is 0 Å². The van der Waals surface area contributed by atoms with Crippen LogP contribution < -0.4 is 16.2 Å². The lowest BCUT2D eigenvalue weighted by Crippen LogP contribution is -2.38. The van der Waals surface area contributed by atoms with E-state index in [1.165, 1.54) is 19.3 Å². The zero-order chi connectivity index (χ0) is 30.8. The number of pyridine rings is 1. The third kappa shape index (κ3) is 6.31. The zero-order valence-corrected chi connectivity index (χ0v) is 24.2. The highest BCUT2D eigenvalue weighted by molar-refractivity contribution is 6.31. The molecule has 0 radical (unpaired) electrons. The number of hydrogen-bond donors (Lipinski definition) is 3. The molecule has 224 valence electrons. The minimum atomic E-state index is -0.923. The van der Waals surface area contributed by atoms with Crippen LogP contribution >= 0.6 is 11.6 Å². The molecule has 0 unspecified atom stereocenters. The molecule has 2 aromatic carbocycles. The summed E-state index contributed by atoms with van der Waals surface area (Å²) in [5.41, 5.74) is 1.71. The molecule has 5 rings (SSSR count). The van der Waals surface area contributed by atoms with Gasteiger partial charge in [0.05, 0.1) is 29.4 Å². The number of carbonyl (C=O) groups is 3. The average molecular weight is 611 g/mol. The summed E-state index contributed by atoms with van der Waals surface area (Å²) in [5, 5.41) is 5.24. The van der Waals surface area contributed by atoms with Gasteiger partial charge in [-0.05, 0) is 60.7 Å². The molecule has 0 fully saturated rings. The summed E-state index contributed by atoms with van der Waals surface area (Å²) in [6.07, 6.45) is 2.15. The van der Waals surface area contributed by atoms with E-state index >= 15 is 0 Å². The van der Waals surface area contributed by atoms with Gasteiger partial charge in [0.25, 0.3) is 0 Å². The Labute approximate surface area is 250 Å². The fraction of sp³-hybridized carbons (Fsp3) is 0.290. The second kappa shape index (κ2) is 12.4. The SMILES string of the molecule is COC(=O)Nc1ccc2c(c1)NC(=O)[C@H](C)CCC[C@H](N1CCC(c3c(F)ccc(Cl)c3F)=CC1=O)c1cc-2cc(=O)[nH]1. The summed E-state index contributed by atoms with van der Waals surface area (Å²) in [6, 6.07) is 9.60. The fourth-order valence-corrected chi connectivity index (χ4v) is 5.67. The molecule has 3 amide bonds. The lowest BCUT2D eigenvalue weighted by atomic mass is 9.92. The number of H-pyrrole nitrogens is 1. The Bertz CT molecular complexity index is 1710. The highest BCUT2D eigenvalue weighted by Crippen LogP contribution is 2.37. The molecule has 0 spiro atoms. The molecule has 1 aromatic heterocycles. The highest BCUT2D eigenvalue weighted by atomic mass is 35.5. The van der Waals surface area contributed by atoms with E-state index in [0.29, 0.717) is 47.5 Å². The molecule has 43 heavy (non-hydrogen) atoms. The third-order valence-corrected chi connectivity index (χ3v) is 8.04. The molecule has 0 aliphatic carbocycles. The van der Waals surface area contributed by atoms with Crippen molar-refractivity contribution in [2.24, 2.45) is 5.92 Å². The second-order valence-electron chi connectivity index (χ2n) is 10.6. The predicted octanol–water partition coefficient (Wildman–Crippen LogP) is 6.27. The van der Waals surface area contributed by atoms with Gasteiger partial charge in [-0.25, -0.2) is 13.6 Å². The summed E-state index contributed by atoms with van der Waals surface area (Å²) in [6.45, 7) is 1.94. The lowest BCUT2D eigenvalue weighted by molar-refractivity contribution is -0.129. The third-order valence-electron chi connectivity index (χ3n) is 7.75. The number of amides is 3. The maximum absolute atomic E-state index is 14.7. The van der Waals surface area contributed by atoms with Crippen molar-refractivity contribution in [3.8, 4) is 11.1 Å². The van der Waals surface area contributed by atoms with Gasteiger partial charge in [0.2, 0.25) is 17.4 Å². The topological polar surface area (TPSA) is 121 Å². The number of nitrogens with one attached hydrogen (secondary N) is 3. The van der Waals surface area contributed by atoms with Gasteiger partial charge in [-0.1, -0.05) is 31.0 Å². The van der Waals surface area contributed by atoms with E-state index in [9.17, 15) is 28.0 Å². The summed E-state index contributed by atoms with van der Waals surface area (Å²) in [7, 11) is 1.23. The number of fused-ring (bicyclic) bond motifs is 4. The minimum absolute atomic E-state index is 0.141. The molecule has 2 bridgehead atoms. The van der Waals surface area contributed by atoms with Crippen molar-refractivity contribution < 1.29 is 27.9 Å². The number of nitrogens with zero attached hydrogens (tertiary/aromatic N) is 1. The first-order valence-corrected chi connectivity index (χ1v) is 14.1. The molecule has 0 saturated heterocycles. The number of aromatic amines is 1. The molecular weight excluding hydrogens is 582 g/mol. The molecule has 3 aromatic rings. The largest absolute Gasteiger partial charge is 0.453 e. The Balaban J connectivity index is 1.56. The van der Waals surface area contributed by atoms with E-state index in [4.69, 9.17) is 11.6 Å². The Morgan fingerprint density at radius 3 is 2.63 bits per heavy atom. The minimum Gasteiger partial charge on any atom is -0.453 e. The molecule has 12 heteroatoms. The van der Waals surface area contributed by atoms with Gasteiger partial charge in [-0.2, -0.15) is 0 Å². The molecule has 3 N–H and O–H groups in total. The first-order chi connectivity index (χ1) is 20.5. The van der Waals surface area contributed by atoms with Crippen LogP contribution in [0.15, 0.2) is 53.3 Å². The standard InChI is InChI=1S/C31H29ClF2N4O5/c1-16-4-3-5-25(38-11-10-17(14-27(38)40)28-22(33)9-8-21(32)29(28)34)24-12-18(13-26(39)36-24)20-7-6-19(35-31(42)43-2)15-23(20)37-30(16)41/h6-9,12-16,25H,3-5,10-11H2,1-2H3,(H,35,42)(H,36,39)(H,37,41)/t16-,25+/m1/s1. The number of halogens is 3. The predicted molar refractivity (Wildman–Crippen MR) is 159 cm³/mol. The maximum atomic E-state index is 14.7. The number of aromatic nitrogens is 1. The van der Waals surface area contributed by atoms with Gasteiger partial charge in [0.1, 0.15) is 5.82 Å². The van der Waals surface area contributed by atoms with Gasteiger partial charge >= 0.3 is 6.09 Å². The summed E-state index contributed by atoms with van der Waals surface area (Å²) in [5.74, 6) is -2.83. The monoisotopic (exact) mass is 610 g/mol. The van der Waals surface area contributed by atoms with Crippen LogP contribution in [0.1, 0.15) is 49.9 Å². The van der Waals surface area contributed by atoms with Crippen LogP contribution in [0, 0.1) is 17.6 Å². The van der Waals surface area contributed by atoms with E-state index in [1.54, 1.807) is 36.1 Å². The van der Waals surface area contributed by atoms with E-state index in [1.807, 2.05) is 0 Å². The summed E-state index contributed by atoms with van der Waals surface area (Å²) < 4.78 is 34.0. The Hall–Kier alpha value is -4.51. The van der Waals surface area contributed by atoms with Crippen LogP contribution in [-0.4, -0.2) is 41.4 Å². The van der Waals surface area contributed by atoms with Gasteiger partial charge in [0, 0.05) is 41.5 Å². The second-order valence-corrected chi connectivity index (χ2v) is 11.0. The number of ether oxygens (including phenoxy) is 1. The van der Waals surface area contributed by atoms with E-state index < -0.39 is 35.2 Å². The Morgan fingerprint density at radius 2 is 1.88 bits per heavy atom. The van der Waals surface area contributed by atoms with Gasteiger partial charge < -0.3 is 19.9 Å². The van der Waals surface area contributed by atoms with Gasteiger partial charge in [0.15, 0.2) is 5.82 Å². The number of anilines is 2. The number of methoxy groups -OCH3 is 1. The quantitative estimate of drug-likeness (QED) is 0.302. The van der Waals surface area contributed by atoms with E-state index in [0.717, 1.165) is 12.1 Å². The lowest BCUT2D eigenvalue weighted by Gasteiger charge is -2.35. The van der Waals surface area contributed by atoms with Crippen molar-refractivity contribution in [3.63, 3.8) is 0 Å². The normalized spacial score (nSPS) is 18.9. The molecule has 9 nitrogen and oxygen atoms in total. The molecule has 2 atom stereocenters. The van der Waals surface area contributed by atoms with Crippen molar-refractivity contribution in [2.45, 2.75) is 38.6 Å². The Morgan fingerprint density at radius 1 is 1.09 bits per heavy atom. The van der Waals surface area contributed by atoms with Gasteiger partial charge in [-0.15, -0.1) is 0 Å². The van der Waals surface area contributed by atoms with Gasteiger partial charge in [-0.3, -0.25) is 19.7 Å². The first kappa shape index (κ1) is 30.0. The number of carbonyl (C=O) groups excluding carboxylic acids is 3. The van der Waals surface area contributed by atoms with Crippen molar-refractivity contribution in [2.75, 3.05) is 24.3 Å². The maximum Gasteiger partial charge on any atom is 0.411 e. The first-order valence-electron chi connectivity index (χ1n) is 13.7. The highest BCUT2D eigenvalue weighted by Gasteiger charge is 2.31. The van der Waals surface area contributed by atoms with Crippen molar-refractivity contribution in [1.29, 1.82) is 0 Å². The number of benzene rings is 2. The fourth-order valence-electron chi connectivity index (χ4n) is 5.51. The smallest absolute Gasteiger partial charge is 0.411 e.